The van der Waals surface area contributed by atoms with Crippen LogP contribution in [-0.2, 0) is 0 Å². The summed E-state index contributed by atoms with van der Waals surface area (Å²) >= 11 is 0. The molecule has 1 aromatic carbocycles. The summed E-state index contributed by atoms with van der Waals surface area (Å²) in [5.74, 6) is 0.183. The summed E-state index contributed by atoms with van der Waals surface area (Å²) < 4.78 is 1.66. The van der Waals surface area contributed by atoms with Crippen molar-refractivity contribution >= 4 is 23.0 Å². The average molecular weight is 364 g/mol. The summed E-state index contributed by atoms with van der Waals surface area (Å²) in [7, 11) is 1.70. The maximum Gasteiger partial charge on any atom is 0.287 e. The molecule has 2 heterocycles. The molecule has 140 valence electrons. The van der Waals surface area contributed by atoms with Gasteiger partial charge in [0.05, 0.1) is 5.52 Å². The first-order valence-electron chi connectivity index (χ1n) is 9.07. The van der Waals surface area contributed by atoms with Gasteiger partial charge in [0.25, 0.3) is 11.8 Å². The molecule has 0 spiro atoms. The highest BCUT2D eigenvalue weighted by molar-refractivity contribution is 6.10. The molecule has 0 aliphatic heterocycles. The Labute approximate surface area is 158 Å². The Morgan fingerprint density at radius 3 is 2.52 bits per heavy atom. The highest BCUT2D eigenvalue weighted by atomic mass is 16.2. The van der Waals surface area contributed by atoms with Crippen molar-refractivity contribution in [1.29, 1.82) is 0 Å². The van der Waals surface area contributed by atoms with Crippen molar-refractivity contribution in [2.45, 2.75) is 20.3 Å². The number of amides is 2. The first kappa shape index (κ1) is 18.6. The van der Waals surface area contributed by atoms with Gasteiger partial charge in [-0.15, -0.1) is 0 Å². The fourth-order valence-corrected chi connectivity index (χ4v) is 2.84. The standard InChI is InChI=1S/C21H24N4O2/c1-15(2)12-13-22-20(26)19-23-18(17-11-7-8-14-25(17)19)21(27)24(3)16-9-5-4-6-10-16/h4-11,14-15H,12-13H2,1-3H3,(H,22,26). The number of rotatable bonds is 6. The molecule has 6 heteroatoms. The molecule has 0 atom stereocenters. The van der Waals surface area contributed by atoms with Gasteiger partial charge in [-0.05, 0) is 36.6 Å². The third-order valence-corrected chi connectivity index (χ3v) is 4.41. The van der Waals surface area contributed by atoms with E-state index in [-0.39, 0.29) is 23.3 Å². The van der Waals surface area contributed by atoms with Gasteiger partial charge in [-0.1, -0.05) is 38.1 Å². The molecule has 0 saturated heterocycles. The van der Waals surface area contributed by atoms with Crippen LogP contribution in [0.2, 0.25) is 0 Å². The van der Waals surface area contributed by atoms with E-state index in [9.17, 15) is 9.59 Å². The summed E-state index contributed by atoms with van der Waals surface area (Å²) in [6.07, 6.45) is 2.64. The molecule has 27 heavy (non-hydrogen) atoms. The molecular weight excluding hydrogens is 340 g/mol. The number of carbonyl (C=O) groups excluding carboxylic acids is 2. The van der Waals surface area contributed by atoms with E-state index in [1.54, 1.807) is 23.7 Å². The van der Waals surface area contributed by atoms with Crippen molar-refractivity contribution in [3.05, 3.63) is 66.2 Å². The lowest BCUT2D eigenvalue weighted by Crippen LogP contribution is -2.28. The van der Waals surface area contributed by atoms with Crippen molar-refractivity contribution in [1.82, 2.24) is 14.7 Å². The number of para-hydroxylation sites is 1. The zero-order chi connectivity index (χ0) is 19.4. The highest BCUT2D eigenvalue weighted by Crippen LogP contribution is 2.19. The summed E-state index contributed by atoms with van der Waals surface area (Å²) in [5.41, 5.74) is 1.64. The molecular formula is C21H24N4O2. The molecule has 0 aliphatic carbocycles. The van der Waals surface area contributed by atoms with Gasteiger partial charge < -0.3 is 10.2 Å². The summed E-state index contributed by atoms with van der Waals surface area (Å²) in [6.45, 7) is 4.78. The fraction of sp³-hybridized carbons (Fsp3) is 0.286. The predicted molar refractivity (Wildman–Crippen MR) is 106 cm³/mol. The van der Waals surface area contributed by atoms with Crippen molar-refractivity contribution in [3.8, 4) is 0 Å². The molecule has 3 aromatic rings. The van der Waals surface area contributed by atoms with Crippen LogP contribution in [0.3, 0.4) is 0 Å². The number of aromatic nitrogens is 2. The zero-order valence-electron chi connectivity index (χ0n) is 15.8. The maximum absolute atomic E-state index is 13.0. The number of fused-ring (bicyclic) bond motifs is 1. The third-order valence-electron chi connectivity index (χ3n) is 4.41. The number of pyridine rings is 1. The lowest BCUT2D eigenvalue weighted by atomic mass is 10.1. The van der Waals surface area contributed by atoms with Gasteiger partial charge in [0.15, 0.2) is 5.69 Å². The van der Waals surface area contributed by atoms with E-state index in [0.717, 1.165) is 12.1 Å². The number of nitrogens with one attached hydrogen (secondary N) is 1. The maximum atomic E-state index is 13.0. The lowest BCUT2D eigenvalue weighted by molar-refractivity contribution is 0.0941. The first-order chi connectivity index (χ1) is 13.0. The molecule has 0 aliphatic rings. The Morgan fingerprint density at radius 2 is 1.81 bits per heavy atom. The van der Waals surface area contributed by atoms with Crippen LogP contribution in [0.4, 0.5) is 5.69 Å². The van der Waals surface area contributed by atoms with Gasteiger partial charge in [0.1, 0.15) is 0 Å². The minimum Gasteiger partial charge on any atom is -0.349 e. The Bertz CT molecular complexity index is 947. The van der Waals surface area contributed by atoms with Gasteiger partial charge in [-0.2, -0.15) is 0 Å². The summed E-state index contributed by atoms with van der Waals surface area (Å²) in [5, 5.41) is 2.89. The number of hydrogen-bond donors (Lipinski definition) is 1. The molecule has 1 N–H and O–H groups in total. The van der Waals surface area contributed by atoms with Gasteiger partial charge in [-0.25, -0.2) is 4.98 Å². The van der Waals surface area contributed by atoms with E-state index in [1.165, 1.54) is 4.90 Å². The predicted octanol–water partition coefficient (Wildman–Crippen LogP) is 3.39. The van der Waals surface area contributed by atoms with E-state index < -0.39 is 0 Å². The quantitative estimate of drug-likeness (QED) is 0.729. The minimum absolute atomic E-state index is 0.221. The lowest BCUT2D eigenvalue weighted by Gasteiger charge is -2.16. The van der Waals surface area contributed by atoms with Crippen LogP contribution in [0.5, 0.6) is 0 Å². The van der Waals surface area contributed by atoms with Crippen LogP contribution in [0.25, 0.3) is 5.52 Å². The SMILES string of the molecule is CC(C)CCNC(=O)c1nc(C(=O)N(C)c2ccccc2)c2ccccn12. The van der Waals surface area contributed by atoms with Gasteiger partial charge in [0.2, 0.25) is 5.82 Å². The largest absolute Gasteiger partial charge is 0.349 e. The molecule has 2 aromatic heterocycles. The second-order valence-corrected chi connectivity index (χ2v) is 6.88. The fourth-order valence-electron chi connectivity index (χ4n) is 2.84. The van der Waals surface area contributed by atoms with E-state index in [2.05, 4.69) is 24.1 Å². The van der Waals surface area contributed by atoms with E-state index in [0.29, 0.717) is 18.0 Å². The van der Waals surface area contributed by atoms with E-state index in [4.69, 9.17) is 0 Å². The van der Waals surface area contributed by atoms with Gasteiger partial charge >= 0.3 is 0 Å². The number of imidazole rings is 1. The molecule has 0 bridgehead atoms. The number of hydrogen-bond acceptors (Lipinski definition) is 3. The molecule has 3 rings (SSSR count). The smallest absolute Gasteiger partial charge is 0.287 e. The van der Waals surface area contributed by atoms with E-state index >= 15 is 0 Å². The first-order valence-corrected chi connectivity index (χ1v) is 9.07. The highest BCUT2D eigenvalue weighted by Gasteiger charge is 2.24. The molecule has 0 radical (unpaired) electrons. The van der Waals surface area contributed by atoms with Crippen LogP contribution in [0, 0.1) is 5.92 Å². The van der Waals surface area contributed by atoms with Crippen LogP contribution in [0.1, 0.15) is 41.4 Å². The number of nitrogens with zero attached hydrogens (tertiary/aromatic N) is 3. The molecule has 0 unspecified atom stereocenters. The van der Waals surface area contributed by atoms with Crippen molar-refractivity contribution in [2.24, 2.45) is 5.92 Å². The minimum atomic E-state index is -0.279. The average Bonchev–Trinajstić information content (AvgIpc) is 3.07. The number of carbonyl (C=O) groups is 2. The topological polar surface area (TPSA) is 66.7 Å². The number of benzene rings is 1. The molecule has 0 saturated carbocycles. The second kappa shape index (κ2) is 8.03. The van der Waals surface area contributed by atoms with Crippen molar-refractivity contribution < 1.29 is 9.59 Å². The van der Waals surface area contributed by atoms with Crippen LogP contribution in [-0.4, -0.2) is 34.8 Å². The zero-order valence-corrected chi connectivity index (χ0v) is 15.8. The Hall–Kier alpha value is -3.15. The summed E-state index contributed by atoms with van der Waals surface area (Å²) in [4.78, 5) is 31.5. The Kier molecular flexibility index (Phi) is 5.54. The van der Waals surface area contributed by atoms with Crippen LogP contribution in [0.15, 0.2) is 54.7 Å². The molecule has 6 nitrogen and oxygen atoms in total. The Balaban J connectivity index is 1.92. The van der Waals surface area contributed by atoms with Crippen LogP contribution < -0.4 is 10.2 Å². The molecule has 0 fully saturated rings. The van der Waals surface area contributed by atoms with Crippen molar-refractivity contribution in [3.63, 3.8) is 0 Å². The van der Waals surface area contributed by atoms with Crippen molar-refractivity contribution in [2.75, 3.05) is 18.5 Å². The van der Waals surface area contributed by atoms with Gasteiger partial charge in [0, 0.05) is 25.5 Å². The summed E-state index contributed by atoms with van der Waals surface area (Å²) in [6, 6.07) is 14.8. The molecule has 2 amide bonds. The van der Waals surface area contributed by atoms with E-state index in [1.807, 2.05) is 42.5 Å². The van der Waals surface area contributed by atoms with Crippen LogP contribution >= 0.6 is 0 Å². The third kappa shape index (κ3) is 4.00. The monoisotopic (exact) mass is 364 g/mol. The number of anilines is 1. The van der Waals surface area contributed by atoms with Gasteiger partial charge in [-0.3, -0.25) is 14.0 Å². The Morgan fingerprint density at radius 1 is 1.11 bits per heavy atom. The second-order valence-electron chi connectivity index (χ2n) is 6.88. The normalized spacial score (nSPS) is 11.0.